The summed E-state index contributed by atoms with van der Waals surface area (Å²) in [7, 11) is 0. The van der Waals surface area contributed by atoms with Crippen LogP contribution in [0.15, 0.2) is 22.7 Å². The minimum absolute atomic E-state index is 0.00546. The summed E-state index contributed by atoms with van der Waals surface area (Å²) < 4.78 is 0.840. The summed E-state index contributed by atoms with van der Waals surface area (Å²) in [5.41, 5.74) is 1.85. The first-order valence-corrected chi connectivity index (χ1v) is 7.68. The normalized spacial score (nSPS) is 26.6. The molecule has 0 spiro atoms. The molecule has 1 saturated heterocycles. The van der Waals surface area contributed by atoms with Crippen molar-refractivity contribution in [3.8, 4) is 0 Å². The zero-order chi connectivity index (χ0) is 14.4. The molecular weight excluding hydrogens is 320 g/mol. The van der Waals surface area contributed by atoms with E-state index in [1.807, 2.05) is 25.1 Å². The number of anilines is 1. The zero-order valence-electron chi connectivity index (χ0n) is 11.5. The Balaban J connectivity index is 2.01. The molecule has 5 heteroatoms. The molecule has 1 heterocycles. The van der Waals surface area contributed by atoms with Gasteiger partial charge in [-0.15, -0.1) is 0 Å². The van der Waals surface area contributed by atoms with Crippen LogP contribution in [0.5, 0.6) is 0 Å². The third-order valence-corrected chi connectivity index (χ3v) is 4.69. The van der Waals surface area contributed by atoms with E-state index in [0.717, 1.165) is 28.6 Å². The monoisotopic (exact) mass is 336 g/mol. The number of piperazine rings is 1. The highest BCUT2D eigenvalue weighted by molar-refractivity contribution is 9.10. The molecule has 2 fully saturated rings. The Hall–Kier alpha value is -1.36. The maximum absolute atomic E-state index is 12.7. The third kappa shape index (κ3) is 2.24. The van der Waals surface area contributed by atoms with E-state index in [0.29, 0.717) is 5.92 Å². The van der Waals surface area contributed by atoms with Gasteiger partial charge in [-0.25, -0.2) is 0 Å². The molecule has 0 aromatic heterocycles. The quantitative estimate of drug-likeness (QED) is 0.901. The second-order valence-corrected chi connectivity index (χ2v) is 6.52. The van der Waals surface area contributed by atoms with Crippen molar-refractivity contribution in [1.82, 2.24) is 5.32 Å². The van der Waals surface area contributed by atoms with E-state index in [9.17, 15) is 9.59 Å². The molecule has 2 aliphatic rings. The van der Waals surface area contributed by atoms with Crippen LogP contribution in [0.4, 0.5) is 5.69 Å². The lowest BCUT2D eigenvalue weighted by Crippen LogP contribution is -2.63. The number of hydrogen-bond donors (Lipinski definition) is 1. The topological polar surface area (TPSA) is 49.4 Å². The molecule has 2 amide bonds. The van der Waals surface area contributed by atoms with Gasteiger partial charge in [0.25, 0.3) is 5.91 Å². The van der Waals surface area contributed by atoms with Crippen LogP contribution >= 0.6 is 15.9 Å². The molecule has 1 N–H and O–H groups in total. The molecule has 20 heavy (non-hydrogen) atoms. The molecule has 2 atom stereocenters. The van der Waals surface area contributed by atoms with Crippen LogP contribution in [-0.2, 0) is 9.59 Å². The van der Waals surface area contributed by atoms with Gasteiger partial charge >= 0.3 is 0 Å². The van der Waals surface area contributed by atoms with E-state index >= 15 is 0 Å². The van der Waals surface area contributed by atoms with E-state index in [4.69, 9.17) is 0 Å². The van der Waals surface area contributed by atoms with Crippen LogP contribution < -0.4 is 10.2 Å². The molecule has 0 bridgehead atoms. The number of carbonyl (C=O) groups is 2. The summed E-state index contributed by atoms with van der Waals surface area (Å²) in [4.78, 5) is 26.5. The van der Waals surface area contributed by atoms with Crippen LogP contribution in [0.3, 0.4) is 0 Å². The van der Waals surface area contributed by atoms with Gasteiger partial charge < -0.3 is 5.32 Å². The van der Waals surface area contributed by atoms with Crippen molar-refractivity contribution in [1.29, 1.82) is 0 Å². The summed E-state index contributed by atoms with van der Waals surface area (Å²) in [6, 6.07) is 5.01. The van der Waals surface area contributed by atoms with Crippen molar-refractivity contribution in [2.45, 2.75) is 38.8 Å². The SMILES string of the molecule is Cc1ccc(Br)c(N2C(=O)C(C3CC3)NC(=O)C2C)c1. The Morgan fingerprint density at radius 2 is 2.00 bits per heavy atom. The maximum Gasteiger partial charge on any atom is 0.250 e. The van der Waals surface area contributed by atoms with E-state index in [-0.39, 0.29) is 17.9 Å². The average Bonchev–Trinajstić information content (AvgIpc) is 3.22. The first-order valence-electron chi connectivity index (χ1n) is 6.88. The first-order chi connectivity index (χ1) is 9.49. The number of rotatable bonds is 2. The predicted octanol–water partition coefficient (Wildman–Crippen LogP) is 2.39. The van der Waals surface area contributed by atoms with Gasteiger partial charge in [-0.3, -0.25) is 14.5 Å². The molecule has 2 unspecified atom stereocenters. The van der Waals surface area contributed by atoms with Gasteiger partial charge in [-0.2, -0.15) is 0 Å². The molecule has 106 valence electrons. The second-order valence-electron chi connectivity index (χ2n) is 5.66. The molecule has 3 rings (SSSR count). The Kier molecular flexibility index (Phi) is 3.32. The van der Waals surface area contributed by atoms with Gasteiger partial charge in [0.2, 0.25) is 5.91 Å². The van der Waals surface area contributed by atoms with Crippen molar-refractivity contribution in [3.63, 3.8) is 0 Å². The Bertz CT molecular complexity index is 583. The molecule has 1 saturated carbocycles. The van der Waals surface area contributed by atoms with E-state index in [2.05, 4.69) is 21.2 Å². The highest BCUT2D eigenvalue weighted by Crippen LogP contribution is 2.37. The van der Waals surface area contributed by atoms with Gasteiger partial charge in [0.05, 0.1) is 5.69 Å². The number of amides is 2. The van der Waals surface area contributed by atoms with Crippen molar-refractivity contribution in [2.24, 2.45) is 5.92 Å². The number of nitrogens with zero attached hydrogens (tertiary/aromatic N) is 1. The first kappa shape index (κ1) is 13.6. The Labute approximate surface area is 126 Å². The summed E-state index contributed by atoms with van der Waals surface area (Å²) >= 11 is 3.49. The van der Waals surface area contributed by atoms with Crippen molar-refractivity contribution >= 4 is 33.4 Å². The van der Waals surface area contributed by atoms with Gasteiger partial charge in [0, 0.05) is 4.47 Å². The molecule has 1 aromatic rings. The van der Waals surface area contributed by atoms with E-state index < -0.39 is 6.04 Å². The third-order valence-electron chi connectivity index (χ3n) is 4.02. The molecule has 1 aliphatic heterocycles. The summed E-state index contributed by atoms with van der Waals surface area (Å²) in [6.45, 7) is 3.75. The number of halogens is 1. The lowest BCUT2D eigenvalue weighted by molar-refractivity contribution is -0.134. The van der Waals surface area contributed by atoms with Crippen molar-refractivity contribution in [3.05, 3.63) is 28.2 Å². The highest BCUT2D eigenvalue weighted by atomic mass is 79.9. The smallest absolute Gasteiger partial charge is 0.250 e. The van der Waals surface area contributed by atoms with Gasteiger partial charge in [-0.05, 0) is 66.2 Å². The predicted molar refractivity (Wildman–Crippen MR) is 80.5 cm³/mol. The van der Waals surface area contributed by atoms with E-state index in [1.165, 1.54) is 0 Å². The molecule has 1 aromatic carbocycles. The summed E-state index contributed by atoms with van der Waals surface area (Å²) in [5, 5.41) is 2.87. The standard InChI is InChI=1S/C15H17BrN2O2/c1-8-3-6-11(16)12(7-8)18-9(2)14(19)17-13(15(18)20)10-4-5-10/h3,6-7,9-10,13H,4-5H2,1-2H3,(H,17,19). The van der Waals surface area contributed by atoms with Crippen LogP contribution in [0.2, 0.25) is 0 Å². The van der Waals surface area contributed by atoms with E-state index in [1.54, 1.807) is 11.8 Å². The largest absolute Gasteiger partial charge is 0.342 e. The fourth-order valence-electron chi connectivity index (χ4n) is 2.68. The Morgan fingerprint density at radius 3 is 2.65 bits per heavy atom. The van der Waals surface area contributed by atoms with Crippen LogP contribution in [0.1, 0.15) is 25.3 Å². The lowest BCUT2D eigenvalue weighted by atomic mass is 10.0. The van der Waals surface area contributed by atoms with Crippen molar-refractivity contribution < 1.29 is 9.59 Å². The number of carbonyl (C=O) groups excluding carboxylic acids is 2. The molecule has 0 radical (unpaired) electrons. The Morgan fingerprint density at radius 1 is 1.30 bits per heavy atom. The number of aryl methyl sites for hydroxylation is 1. The van der Waals surface area contributed by atoms with Gasteiger partial charge in [0.1, 0.15) is 12.1 Å². The van der Waals surface area contributed by atoms with Crippen LogP contribution in [0, 0.1) is 12.8 Å². The number of nitrogens with one attached hydrogen (secondary N) is 1. The minimum atomic E-state index is -0.476. The summed E-state index contributed by atoms with van der Waals surface area (Å²) in [5.74, 6) is 0.242. The maximum atomic E-state index is 12.7. The number of benzene rings is 1. The van der Waals surface area contributed by atoms with Crippen molar-refractivity contribution in [2.75, 3.05) is 4.90 Å². The lowest BCUT2D eigenvalue weighted by Gasteiger charge is -2.38. The second kappa shape index (κ2) is 4.88. The average molecular weight is 337 g/mol. The molecular formula is C15H17BrN2O2. The fourth-order valence-corrected chi connectivity index (χ4v) is 3.11. The van der Waals surface area contributed by atoms with Gasteiger partial charge in [-0.1, -0.05) is 6.07 Å². The minimum Gasteiger partial charge on any atom is -0.342 e. The molecule has 1 aliphatic carbocycles. The number of hydrogen-bond acceptors (Lipinski definition) is 2. The molecule has 4 nitrogen and oxygen atoms in total. The fraction of sp³-hybridized carbons (Fsp3) is 0.467. The zero-order valence-corrected chi connectivity index (χ0v) is 13.1. The van der Waals surface area contributed by atoms with Crippen LogP contribution in [-0.4, -0.2) is 23.9 Å². The van der Waals surface area contributed by atoms with Gasteiger partial charge in [0.15, 0.2) is 0 Å². The summed E-state index contributed by atoms with van der Waals surface area (Å²) in [6.07, 6.45) is 2.04. The van der Waals surface area contributed by atoms with Crippen LogP contribution in [0.25, 0.3) is 0 Å². The highest BCUT2D eigenvalue weighted by Gasteiger charge is 2.46.